The summed E-state index contributed by atoms with van der Waals surface area (Å²) >= 11 is 0. The van der Waals surface area contributed by atoms with Crippen LogP contribution in [-0.4, -0.2) is 60.7 Å². The van der Waals surface area contributed by atoms with Gasteiger partial charge in [0.1, 0.15) is 0 Å². The molecule has 134 valence electrons. The van der Waals surface area contributed by atoms with Gasteiger partial charge in [-0.2, -0.15) is 5.10 Å². The number of fused-ring (bicyclic) bond motifs is 1. The number of carbonyl (C=O) groups excluding carboxylic acids is 2. The van der Waals surface area contributed by atoms with Crippen molar-refractivity contribution >= 4 is 28.9 Å². The number of benzene rings is 1. The molecule has 0 unspecified atom stereocenters. The van der Waals surface area contributed by atoms with Crippen LogP contribution in [0.15, 0.2) is 24.4 Å². The van der Waals surface area contributed by atoms with Crippen molar-refractivity contribution in [2.24, 2.45) is 0 Å². The SMILES string of the molecule is CNC(=O)CCN(C=O)c1cccc2c1cnn2C1CCN(C)CC1. The number of hydrogen-bond acceptors (Lipinski definition) is 4. The average Bonchev–Trinajstić information content (AvgIpc) is 3.07. The van der Waals surface area contributed by atoms with Crippen molar-refractivity contribution in [3.8, 4) is 0 Å². The van der Waals surface area contributed by atoms with E-state index < -0.39 is 0 Å². The molecular formula is C18H25N5O2. The Hall–Kier alpha value is -2.41. The molecule has 1 aliphatic rings. The molecule has 1 aromatic carbocycles. The average molecular weight is 343 g/mol. The Kier molecular flexibility index (Phi) is 5.33. The number of piperidine rings is 1. The van der Waals surface area contributed by atoms with Gasteiger partial charge in [0, 0.05) is 25.4 Å². The molecule has 7 heteroatoms. The lowest BCUT2D eigenvalue weighted by atomic mass is 10.1. The highest BCUT2D eigenvalue weighted by Gasteiger charge is 2.21. The Morgan fingerprint density at radius 1 is 1.40 bits per heavy atom. The van der Waals surface area contributed by atoms with Crippen molar-refractivity contribution in [3.05, 3.63) is 24.4 Å². The van der Waals surface area contributed by atoms with Crippen LogP contribution >= 0.6 is 0 Å². The van der Waals surface area contributed by atoms with E-state index in [1.54, 1.807) is 11.9 Å². The minimum atomic E-state index is -0.0824. The van der Waals surface area contributed by atoms with E-state index >= 15 is 0 Å². The fourth-order valence-corrected chi connectivity index (χ4v) is 3.41. The fraction of sp³-hybridized carbons (Fsp3) is 0.500. The number of nitrogens with zero attached hydrogens (tertiary/aromatic N) is 4. The van der Waals surface area contributed by atoms with E-state index in [1.807, 2.05) is 24.4 Å². The number of hydrogen-bond donors (Lipinski definition) is 1. The highest BCUT2D eigenvalue weighted by atomic mass is 16.2. The van der Waals surface area contributed by atoms with E-state index in [0.717, 1.165) is 48.9 Å². The number of anilines is 1. The fourth-order valence-electron chi connectivity index (χ4n) is 3.41. The molecular weight excluding hydrogens is 318 g/mol. The molecule has 0 spiro atoms. The summed E-state index contributed by atoms with van der Waals surface area (Å²) in [4.78, 5) is 27.0. The molecule has 1 N–H and O–H groups in total. The third kappa shape index (κ3) is 3.66. The summed E-state index contributed by atoms with van der Waals surface area (Å²) in [6.07, 6.45) is 5.04. The van der Waals surface area contributed by atoms with Crippen LogP contribution in [0.3, 0.4) is 0 Å². The second-order valence-corrected chi connectivity index (χ2v) is 6.56. The molecule has 0 atom stereocenters. The number of likely N-dealkylation sites (tertiary alicyclic amines) is 1. The van der Waals surface area contributed by atoms with Crippen molar-refractivity contribution in [1.29, 1.82) is 0 Å². The summed E-state index contributed by atoms with van der Waals surface area (Å²) in [5.41, 5.74) is 1.84. The van der Waals surface area contributed by atoms with Gasteiger partial charge in [0.15, 0.2) is 0 Å². The minimum absolute atomic E-state index is 0.0824. The number of aromatic nitrogens is 2. The molecule has 2 amide bonds. The minimum Gasteiger partial charge on any atom is -0.359 e. The summed E-state index contributed by atoms with van der Waals surface area (Å²) in [7, 11) is 3.74. The van der Waals surface area contributed by atoms with E-state index in [4.69, 9.17) is 0 Å². The molecule has 0 aliphatic carbocycles. The van der Waals surface area contributed by atoms with Crippen molar-refractivity contribution in [1.82, 2.24) is 20.0 Å². The predicted molar refractivity (Wildman–Crippen MR) is 97.6 cm³/mol. The largest absolute Gasteiger partial charge is 0.359 e. The summed E-state index contributed by atoms with van der Waals surface area (Å²) in [5.74, 6) is -0.0824. The molecule has 1 aromatic heterocycles. The monoisotopic (exact) mass is 343 g/mol. The number of nitrogens with one attached hydrogen (secondary N) is 1. The number of amides is 2. The van der Waals surface area contributed by atoms with Gasteiger partial charge in [-0.1, -0.05) is 6.07 Å². The van der Waals surface area contributed by atoms with Gasteiger partial charge in [-0.05, 0) is 45.1 Å². The first-order valence-corrected chi connectivity index (χ1v) is 8.71. The van der Waals surface area contributed by atoms with Crippen LogP contribution in [0.4, 0.5) is 5.69 Å². The summed E-state index contributed by atoms with van der Waals surface area (Å²) < 4.78 is 2.09. The standard InChI is InChI=1S/C18H25N5O2/c1-19-18(25)8-11-22(13-24)16-4-3-5-17-15(16)12-20-23(17)14-6-9-21(2)10-7-14/h3-5,12-14H,6-11H2,1-2H3,(H,19,25). The van der Waals surface area contributed by atoms with Crippen LogP contribution in [0.2, 0.25) is 0 Å². The second kappa shape index (κ2) is 7.65. The van der Waals surface area contributed by atoms with Gasteiger partial charge in [0.05, 0.1) is 23.4 Å². The molecule has 1 saturated heterocycles. The van der Waals surface area contributed by atoms with Gasteiger partial charge in [-0.3, -0.25) is 14.3 Å². The lowest BCUT2D eigenvalue weighted by molar-refractivity contribution is -0.120. The van der Waals surface area contributed by atoms with Crippen LogP contribution in [0.5, 0.6) is 0 Å². The van der Waals surface area contributed by atoms with Crippen molar-refractivity contribution < 1.29 is 9.59 Å². The predicted octanol–water partition coefficient (Wildman–Crippen LogP) is 1.40. The zero-order valence-corrected chi connectivity index (χ0v) is 14.8. The van der Waals surface area contributed by atoms with Crippen LogP contribution in [0.25, 0.3) is 10.9 Å². The van der Waals surface area contributed by atoms with Crippen molar-refractivity contribution in [2.75, 3.05) is 38.6 Å². The Balaban J connectivity index is 1.87. The van der Waals surface area contributed by atoms with Crippen LogP contribution in [0.1, 0.15) is 25.3 Å². The van der Waals surface area contributed by atoms with E-state index in [0.29, 0.717) is 12.6 Å². The van der Waals surface area contributed by atoms with Crippen LogP contribution < -0.4 is 10.2 Å². The zero-order chi connectivity index (χ0) is 17.8. The molecule has 7 nitrogen and oxygen atoms in total. The maximum Gasteiger partial charge on any atom is 0.221 e. The second-order valence-electron chi connectivity index (χ2n) is 6.56. The Morgan fingerprint density at radius 2 is 2.16 bits per heavy atom. The first kappa shape index (κ1) is 17.4. The summed E-state index contributed by atoms with van der Waals surface area (Å²) in [6, 6.07) is 6.29. The molecule has 2 heterocycles. The van der Waals surface area contributed by atoms with Crippen LogP contribution in [-0.2, 0) is 9.59 Å². The summed E-state index contributed by atoms with van der Waals surface area (Å²) in [5, 5.41) is 8.14. The van der Waals surface area contributed by atoms with Crippen molar-refractivity contribution in [2.45, 2.75) is 25.3 Å². The van der Waals surface area contributed by atoms with Gasteiger partial charge in [0.25, 0.3) is 0 Å². The highest BCUT2D eigenvalue weighted by molar-refractivity contribution is 5.97. The zero-order valence-electron chi connectivity index (χ0n) is 14.8. The topological polar surface area (TPSA) is 70.5 Å². The van der Waals surface area contributed by atoms with Gasteiger partial charge in [-0.15, -0.1) is 0 Å². The normalized spacial score (nSPS) is 16.1. The Morgan fingerprint density at radius 3 is 2.84 bits per heavy atom. The third-order valence-corrected chi connectivity index (χ3v) is 4.95. The third-order valence-electron chi connectivity index (χ3n) is 4.95. The lowest BCUT2D eigenvalue weighted by Crippen LogP contribution is -2.31. The molecule has 1 aliphatic heterocycles. The number of carbonyl (C=O) groups is 2. The van der Waals surface area contributed by atoms with E-state index in [1.165, 1.54) is 0 Å². The Labute approximate surface area is 147 Å². The van der Waals surface area contributed by atoms with E-state index in [-0.39, 0.29) is 12.3 Å². The first-order valence-electron chi connectivity index (χ1n) is 8.71. The molecule has 3 rings (SSSR count). The molecule has 1 fully saturated rings. The van der Waals surface area contributed by atoms with Crippen molar-refractivity contribution in [3.63, 3.8) is 0 Å². The highest BCUT2D eigenvalue weighted by Crippen LogP contribution is 2.30. The lowest BCUT2D eigenvalue weighted by Gasteiger charge is -2.29. The summed E-state index contributed by atoms with van der Waals surface area (Å²) in [6.45, 7) is 2.48. The molecule has 0 bridgehead atoms. The molecule has 2 aromatic rings. The van der Waals surface area contributed by atoms with E-state index in [2.05, 4.69) is 27.0 Å². The molecule has 25 heavy (non-hydrogen) atoms. The van der Waals surface area contributed by atoms with Gasteiger partial charge >= 0.3 is 0 Å². The van der Waals surface area contributed by atoms with Gasteiger partial charge in [-0.25, -0.2) is 0 Å². The smallest absolute Gasteiger partial charge is 0.221 e. The Bertz CT molecular complexity index is 749. The quantitative estimate of drug-likeness (QED) is 0.805. The molecule has 0 radical (unpaired) electrons. The molecule has 0 saturated carbocycles. The number of rotatable bonds is 6. The van der Waals surface area contributed by atoms with E-state index in [9.17, 15) is 9.59 Å². The maximum absolute atomic E-state index is 11.6. The maximum atomic E-state index is 11.6. The van der Waals surface area contributed by atoms with Gasteiger partial charge in [0.2, 0.25) is 12.3 Å². The first-order chi connectivity index (χ1) is 12.1. The van der Waals surface area contributed by atoms with Crippen LogP contribution in [0, 0.1) is 0 Å². The van der Waals surface area contributed by atoms with Gasteiger partial charge < -0.3 is 15.1 Å².